The number of amides is 1. The van der Waals surface area contributed by atoms with Gasteiger partial charge < -0.3 is 4.74 Å². The lowest BCUT2D eigenvalue weighted by molar-refractivity contribution is 0.143. The van der Waals surface area contributed by atoms with Crippen molar-refractivity contribution in [3.8, 4) is 0 Å². The molecule has 2 rings (SSSR count). The van der Waals surface area contributed by atoms with Gasteiger partial charge in [-0.25, -0.2) is 4.79 Å². The standard InChI is InChI=1S/C18H17NO2S/c20-18(21-15-16-9-3-1-4-10-16)19-13-7-8-14-22-17-11-5-2-6-12-17/h1-14H,15H2,(H,19,20)/b13-7+,14-8+. The van der Waals surface area contributed by atoms with Crippen LogP contribution in [0.15, 0.2) is 89.3 Å². The lowest BCUT2D eigenvalue weighted by Crippen LogP contribution is -2.18. The Labute approximate surface area is 134 Å². The number of carbonyl (C=O) groups is 1. The lowest BCUT2D eigenvalue weighted by atomic mass is 10.2. The van der Waals surface area contributed by atoms with E-state index in [0.29, 0.717) is 0 Å². The number of hydrogen-bond acceptors (Lipinski definition) is 3. The average molecular weight is 311 g/mol. The Morgan fingerprint density at radius 3 is 2.41 bits per heavy atom. The van der Waals surface area contributed by atoms with Gasteiger partial charge in [0.1, 0.15) is 6.61 Å². The van der Waals surface area contributed by atoms with E-state index in [1.165, 1.54) is 4.90 Å². The lowest BCUT2D eigenvalue weighted by Gasteiger charge is -2.03. The van der Waals surface area contributed by atoms with E-state index in [1.807, 2.05) is 72.1 Å². The summed E-state index contributed by atoms with van der Waals surface area (Å²) in [4.78, 5) is 12.6. The fraction of sp³-hybridized carbons (Fsp3) is 0.0556. The van der Waals surface area contributed by atoms with Crippen molar-refractivity contribution < 1.29 is 9.53 Å². The number of carbonyl (C=O) groups excluding carboxylic acids is 1. The molecule has 0 spiro atoms. The first-order valence-corrected chi connectivity index (χ1v) is 7.73. The molecule has 0 atom stereocenters. The summed E-state index contributed by atoms with van der Waals surface area (Å²) in [6.45, 7) is 0.264. The Hall–Kier alpha value is -2.46. The average Bonchev–Trinajstić information content (AvgIpc) is 2.58. The summed E-state index contributed by atoms with van der Waals surface area (Å²) in [5.41, 5.74) is 0.959. The third kappa shape index (κ3) is 6.33. The number of hydrogen-bond donors (Lipinski definition) is 1. The summed E-state index contributed by atoms with van der Waals surface area (Å²) in [6.07, 6.45) is 4.69. The Kier molecular flexibility index (Phi) is 6.85. The van der Waals surface area contributed by atoms with Crippen molar-refractivity contribution in [2.75, 3.05) is 0 Å². The summed E-state index contributed by atoms with van der Waals surface area (Å²) in [7, 11) is 0. The van der Waals surface area contributed by atoms with Gasteiger partial charge in [-0.3, -0.25) is 5.32 Å². The van der Waals surface area contributed by atoms with Crippen LogP contribution < -0.4 is 5.32 Å². The van der Waals surface area contributed by atoms with Crippen LogP contribution in [0.1, 0.15) is 5.56 Å². The first-order chi connectivity index (χ1) is 10.8. The predicted octanol–water partition coefficient (Wildman–Crippen LogP) is 4.73. The van der Waals surface area contributed by atoms with Gasteiger partial charge in [0, 0.05) is 11.1 Å². The highest BCUT2D eigenvalue weighted by molar-refractivity contribution is 8.02. The van der Waals surface area contributed by atoms with E-state index < -0.39 is 6.09 Å². The Morgan fingerprint density at radius 1 is 1.00 bits per heavy atom. The molecule has 1 amide bonds. The number of benzene rings is 2. The van der Waals surface area contributed by atoms with Crippen LogP contribution in [0.25, 0.3) is 0 Å². The molecule has 0 saturated carbocycles. The largest absolute Gasteiger partial charge is 0.444 e. The molecule has 0 radical (unpaired) electrons. The molecule has 0 bridgehead atoms. The molecule has 2 aromatic carbocycles. The molecule has 4 heteroatoms. The first-order valence-electron chi connectivity index (χ1n) is 6.85. The number of thioether (sulfide) groups is 1. The molecule has 1 N–H and O–H groups in total. The van der Waals surface area contributed by atoms with Crippen molar-refractivity contribution in [1.82, 2.24) is 5.32 Å². The van der Waals surface area contributed by atoms with Crippen molar-refractivity contribution in [3.63, 3.8) is 0 Å². The topological polar surface area (TPSA) is 38.3 Å². The van der Waals surface area contributed by atoms with Crippen molar-refractivity contribution in [2.24, 2.45) is 0 Å². The summed E-state index contributed by atoms with van der Waals surface area (Å²) >= 11 is 1.61. The van der Waals surface area contributed by atoms with Crippen LogP contribution in [0, 0.1) is 0 Å². The highest BCUT2D eigenvalue weighted by Gasteiger charge is 1.98. The second-order valence-corrected chi connectivity index (χ2v) is 5.30. The fourth-order valence-electron chi connectivity index (χ4n) is 1.60. The molecular formula is C18H17NO2S. The molecular weight excluding hydrogens is 294 g/mol. The molecule has 0 aromatic heterocycles. The van der Waals surface area contributed by atoms with E-state index >= 15 is 0 Å². The summed E-state index contributed by atoms with van der Waals surface area (Å²) in [6, 6.07) is 19.6. The van der Waals surface area contributed by atoms with Gasteiger partial charge in [0.05, 0.1) is 0 Å². The normalized spacial score (nSPS) is 10.9. The SMILES string of the molecule is O=C(N/C=C/C=C/Sc1ccccc1)OCc1ccccc1. The van der Waals surface area contributed by atoms with Crippen molar-refractivity contribution >= 4 is 17.9 Å². The maximum absolute atomic E-state index is 11.5. The molecule has 0 saturated heterocycles. The molecule has 0 fully saturated rings. The third-order valence-electron chi connectivity index (χ3n) is 2.65. The second kappa shape index (κ2) is 9.47. The molecule has 2 aromatic rings. The van der Waals surface area contributed by atoms with Crippen LogP contribution in [-0.4, -0.2) is 6.09 Å². The molecule has 22 heavy (non-hydrogen) atoms. The van der Waals surface area contributed by atoms with Gasteiger partial charge in [0.25, 0.3) is 0 Å². The van der Waals surface area contributed by atoms with Crippen LogP contribution in [0.2, 0.25) is 0 Å². The third-order valence-corrected chi connectivity index (χ3v) is 3.48. The Morgan fingerprint density at radius 2 is 1.68 bits per heavy atom. The van der Waals surface area contributed by atoms with E-state index in [2.05, 4.69) is 5.32 Å². The van der Waals surface area contributed by atoms with E-state index in [9.17, 15) is 4.79 Å². The maximum Gasteiger partial charge on any atom is 0.411 e. The number of rotatable bonds is 6. The van der Waals surface area contributed by atoms with Gasteiger partial charge in [-0.05, 0) is 29.2 Å². The van der Waals surface area contributed by atoms with E-state index in [4.69, 9.17) is 4.74 Å². The summed E-state index contributed by atoms with van der Waals surface area (Å²) in [5, 5.41) is 4.50. The van der Waals surface area contributed by atoms with Gasteiger partial charge in [-0.15, -0.1) is 0 Å². The van der Waals surface area contributed by atoms with Gasteiger partial charge >= 0.3 is 6.09 Å². The monoisotopic (exact) mass is 311 g/mol. The van der Waals surface area contributed by atoms with Crippen LogP contribution in [0.5, 0.6) is 0 Å². The van der Waals surface area contributed by atoms with Crippen LogP contribution >= 0.6 is 11.8 Å². The smallest absolute Gasteiger partial charge is 0.411 e. The van der Waals surface area contributed by atoms with E-state index in [0.717, 1.165) is 5.56 Å². The molecule has 0 unspecified atom stereocenters. The zero-order valence-corrected chi connectivity index (χ0v) is 12.8. The minimum Gasteiger partial charge on any atom is -0.444 e. The van der Waals surface area contributed by atoms with Gasteiger partial charge in [0.2, 0.25) is 0 Å². The van der Waals surface area contributed by atoms with Gasteiger partial charge in [-0.1, -0.05) is 66.4 Å². The van der Waals surface area contributed by atoms with Gasteiger partial charge in [0.15, 0.2) is 0 Å². The molecule has 3 nitrogen and oxygen atoms in total. The number of alkyl carbamates (subject to hydrolysis) is 1. The van der Waals surface area contributed by atoms with Crippen LogP contribution in [-0.2, 0) is 11.3 Å². The number of nitrogens with one attached hydrogen (secondary N) is 1. The molecule has 0 aliphatic rings. The highest BCUT2D eigenvalue weighted by Crippen LogP contribution is 2.17. The highest BCUT2D eigenvalue weighted by atomic mass is 32.2. The van der Waals surface area contributed by atoms with Crippen molar-refractivity contribution in [2.45, 2.75) is 11.5 Å². The van der Waals surface area contributed by atoms with Crippen LogP contribution in [0.4, 0.5) is 4.79 Å². The molecule has 0 aliphatic carbocycles. The zero-order valence-electron chi connectivity index (χ0n) is 12.0. The second-order valence-electron chi connectivity index (χ2n) is 4.32. The van der Waals surface area contributed by atoms with Crippen LogP contribution in [0.3, 0.4) is 0 Å². The van der Waals surface area contributed by atoms with Gasteiger partial charge in [-0.2, -0.15) is 0 Å². The fourth-order valence-corrected chi connectivity index (χ4v) is 2.24. The minimum absolute atomic E-state index is 0.264. The molecule has 112 valence electrons. The van der Waals surface area contributed by atoms with E-state index in [1.54, 1.807) is 24.0 Å². The molecule has 0 aliphatic heterocycles. The summed E-state index contributed by atoms with van der Waals surface area (Å²) in [5.74, 6) is 0. The van der Waals surface area contributed by atoms with Crippen molar-refractivity contribution in [3.05, 3.63) is 90.0 Å². The number of allylic oxidation sites excluding steroid dienone is 2. The Bertz CT molecular complexity index is 624. The number of ether oxygens (including phenoxy) is 1. The zero-order chi connectivity index (χ0) is 15.5. The minimum atomic E-state index is -0.468. The first kappa shape index (κ1) is 15.9. The maximum atomic E-state index is 11.5. The Balaban J connectivity index is 1.63. The quantitative estimate of drug-likeness (QED) is 0.619. The summed E-state index contributed by atoms with van der Waals surface area (Å²) < 4.78 is 5.07. The van der Waals surface area contributed by atoms with Crippen molar-refractivity contribution in [1.29, 1.82) is 0 Å². The predicted molar refractivity (Wildman–Crippen MR) is 90.3 cm³/mol. The van der Waals surface area contributed by atoms with E-state index in [-0.39, 0.29) is 6.61 Å². The molecule has 0 heterocycles.